The topological polar surface area (TPSA) is 140 Å². The first-order valence-corrected chi connectivity index (χ1v) is 12.9. The highest BCUT2D eigenvalue weighted by Crippen LogP contribution is 2.29. The van der Waals surface area contributed by atoms with Gasteiger partial charge >= 0.3 is 6.09 Å². The number of methoxy groups -OCH3 is 1. The smallest absolute Gasteiger partial charge is 0.408 e. The van der Waals surface area contributed by atoms with Gasteiger partial charge in [-0.1, -0.05) is 25.1 Å². The molecule has 0 aliphatic carbocycles. The fourth-order valence-electron chi connectivity index (χ4n) is 4.06. The molecule has 2 aromatic carbocycles. The van der Waals surface area contributed by atoms with Gasteiger partial charge in [0.05, 0.1) is 13.5 Å². The van der Waals surface area contributed by atoms with Crippen molar-refractivity contribution in [2.75, 3.05) is 19.0 Å². The fourth-order valence-corrected chi connectivity index (χ4v) is 4.06. The van der Waals surface area contributed by atoms with Crippen molar-refractivity contribution >= 4 is 29.5 Å². The molecule has 0 fully saturated rings. The van der Waals surface area contributed by atoms with Crippen LogP contribution in [0, 0.1) is 13.8 Å². The van der Waals surface area contributed by atoms with E-state index >= 15 is 0 Å². The van der Waals surface area contributed by atoms with Crippen LogP contribution in [-0.2, 0) is 19.1 Å². The van der Waals surface area contributed by atoms with Gasteiger partial charge in [-0.15, -0.1) is 0 Å². The van der Waals surface area contributed by atoms with Gasteiger partial charge in [-0.2, -0.15) is 0 Å². The Labute approximate surface area is 230 Å². The highest BCUT2D eigenvalue weighted by molar-refractivity contribution is 6.00. The largest absolute Gasteiger partial charge is 0.497 e. The maximum atomic E-state index is 14.0. The summed E-state index contributed by atoms with van der Waals surface area (Å²) in [6.07, 6.45) is -0.819. The number of alkyl carbamates (subject to hydrolysis) is 1. The lowest BCUT2D eigenvalue weighted by Crippen LogP contribution is -2.53. The van der Waals surface area contributed by atoms with Crippen LogP contribution in [0.1, 0.15) is 63.3 Å². The number of hydrogen-bond acceptors (Lipinski definition) is 6. The SMILES string of the molecule is CCCN(C(=O)C(CC(N)=O)NC(=O)OC(C)(C)C)C(C(=O)Nc1ccc(OC)cc1)c1cccc(C)c1C. The Morgan fingerprint density at radius 1 is 1.03 bits per heavy atom. The standard InChI is InChI=1S/C29H40N4O6/c1-8-16-33(27(36)23(17-24(30)34)32-28(37)39-29(4,5)6)25(22-11-9-10-18(2)19(22)3)26(35)31-20-12-14-21(38-7)15-13-20/h9-15,23,25H,8,16-17H2,1-7H3,(H2,30,34)(H,31,35)(H,32,37). The van der Waals surface area contributed by atoms with Crippen molar-refractivity contribution < 1.29 is 28.7 Å². The molecule has 2 atom stereocenters. The number of carbonyl (C=O) groups excluding carboxylic acids is 4. The lowest BCUT2D eigenvalue weighted by atomic mass is 9.94. The van der Waals surface area contributed by atoms with Crippen molar-refractivity contribution in [1.29, 1.82) is 0 Å². The highest BCUT2D eigenvalue weighted by atomic mass is 16.6. The zero-order valence-corrected chi connectivity index (χ0v) is 23.8. The first-order chi connectivity index (χ1) is 18.3. The minimum atomic E-state index is -1.33. The van der Waals surface area contributed by atoms with Crippen LogP contribution >= 0.6 is 0 Å². The number of nitrogens with two attached hydrogens (primary N) is 1. The van der Waals surface area contributed by atoms with Crippen LogP contribution in [0.2, 0.25) is 0 Å². The summed E-state index contributed by atoms with van der Waals surface area (Å²) in [7, 11) is 1.55. The second-order valence-corrected chi connectivity index (χ2v) is 10.3. The van der Waals surface area contributed by atoms with Crippen LogP contribution in [0.15, 0.2) is 42.5 Å². The molecule has 2 unspecified atom stereocenters. The van der Waals surface area contributed by atoms with Crippen molar-refractivity contribution in [2.24, 2.45) is 5.73 Å². The van der Waals surface area contributed by atoms with E-state index in [4.69, 9.17) is 15.2 Å². The number of hydrogen-bond donors (Lipinski definition) is 3. The fraction of sp³-hybridized carbons (Fsp3) is 0.448. The van der Waals surface area contributed by atoms with Crippen LogP contribution in [0.4, 0.5) is 10.5 Å². The second-order valence-electron chi connectivity index (χ2n) is 10.3. The number of benzene rings is 2. The number of nitrogens with zero attached hydrogens (tertiary/aromatic N) is 1. The first kappa shape index (κ1) is 31.1. The predicted molar refractivity (Wildman–Crippen MR) is 149 cm³/mol. The highest BCUT2D eigenvalue weighted by Gasteiger charge is 2.37. The molecule has 0 aromatic heterocycles. The Morgan fingerprint density at radius 3 is 2.21 bits per heavy atom. The molecular formula is C29H40N4O6. The molecule has 0 heterocycles. The number of anilines is 1. The number of rotatable bonds is 11. The summed E-state index contributed by atoms with van der Waals surface area (Å²) in [5.74, 6) is -1.24. The van der Waals surface area contributed by atoms with Crippen molar-refractivity contribution in [3.05, 3.63) is 59.2 Å². The first-order valence-electron chi connectivity index (χ1n) is 12.9. The molecule has 0 spiro atoms. The Kier molecular flexibility index (Phi) is 10.9. The van der Waals surface area contributed by atoms with E-state index in [0.29, 0.717) is 23.4 Å². The van der Waals surface area contributed by atoms with Crippen LogP contribution in [-0.4, -0.2) is 54.0 Å². The maximum absolute atomic E-state index is 14.0. The molecule has 4 N–H and O–H groups in total. The lowest BCUT2D eigenvalue weighted by Gasteiger charge is -2.35. The molecule has 39 heavy (non-hydrogen) atoms. The van der Waals surface area contributed by atoms with Gasteiger partial charge < -0.3 is 30.7 Å². The van der Waals surface area contributed by atoms with E-state index < -0.39 is 47.9 Å². The van der Waals surface area contributed by atoms with E-state index in [0.717, 1.165) is 11.1 Å². The number of amides is 4. The number of aryl methyl sites for hydroxylation is 1. The van der Waals surface area contributed by atoms with Gasteiger partial charge in [0.2, 0.25) is 11.8 Å². The molecule has 10 nitrogen and oxygen atoms in total. The predicted octanol–water partition coefficient (Wildman–Crippen LogP) is 4.00. The summed E-state index contributed by atoms with van der Waals surface area (Å²) in [5.41, 5.74) is 7.53. The Bertz CT molecular complexity index is 1170. The van der Waals surface area contributed by atoms with E-state index in [-0.39, 0.29) is 6.54 Å². The number of primary amides is 1. The van der Waals surface area contributed by atoms with E-state index in [1.165, 1.54) is 4.90 Å². The summed E-state index contributed by atoms with van der Waals surface area (Å²) in [6, 6.07) is 9.96. The molecule has 0 saturated heterocycles. The number of carbonyl (C=O) groups is 4. The van der Waals surface area contributed by atoms with E-state index in [9.17, 15) is 19.2 Å². The minimum absolute atomic E-state index is 0.179. The third kappa shape index (κ3) is 9.01. The summed E-state index contributed by atoms with van der Waals surface area (Å²) in [5, 5.41) is 5.37. The average Bonchev–Trinajstić information content (AvgIpc) is 2.84. The van der Waals surface area contributed by atoms with Crippen molar-refractivity contribution in [3.8, 4) is 5.75 Å². The van der Waals surface area contributed by atoms with Gasteiger partial charge in [-0.3, -0.25) is 14.4 Å². The van der Waals surface area contributed by atoms with Gasteiger partial charge in [0.15, 0.2) is 0 Å². The summed E-state index contributed by atoms with van der Waals surface area (Å²) < 4.78 is 10.5. The molecule has 2 aromatic rings. The molecule has 0 bridgehead atoms. The molecule has 2 rings (SSSR count). The average molecular weight is 541 g/mol. The Balaban J connectivity index is 2.55. The molecule has 0 radical (unpaired) electrons. The molecule has 0 aliphatic heterocycles. The van der Waals surface area contributed by atoms with Crippen LogP contribution in [0.5, 0.6) is 5.75 Å². The number of nitrogens with one attached hydrogen (secondary N) is 2. The molecular weight excluding hydrogens is 500 g/mol. The molecule has 0 aliphatic rings. The summed E-state index contributed by atoms with van der Waals surface area (Å²) >= 11 is 0. The van der Waals surface area contributed by atoms with Crippen LogP contribution in [0.3, 0.4) is 0 Å². The Morgan fingerprint density at radius 2 is 1.67 bits per heavy atom. The number of ether oxygens (including phenoxy) is 2. The quantitative estimate of drug-likeness (QED) is 0.394. The van der Waals surface area contributed by atoms with E-state index in [2.05, 4.69) is 10.6 Å². The van der Waals surface area contributed by atoms with Gasteiger partial charge in [0, 0.05) is 12.2 Å². The third-order valence-corrected chi connectivity index (χ3v) is 6.00. The van der Waals surface area contributed by atoms with Gasteiger partial charge in [-0.25, -0.2) is 4.79 Å². The lowest BCUT2D eigenvalue weighted by molar-refractivity contribution is -0.141. The molecule has 10 heteroatoms. The minimum Gasteiger partial charge on any atom is -0.497 e. The maximum Gasteiger partial charge on any atom is 0.408 e. The molecule has 0 saturated carbocycles. The van der Waals surface area contributed by atoms with Crippen molar-refractivity contribution in [3.63, 3.8) is 0 Å². The summed E-state index contributed by atoms with van der Waals surface area (Å²) in [6.45, 7) is 10.9. The van der Waals surface area contributed by atoms with Gasteiger partial charge in [-0.05, 0) is 82.0 Å². The Hall–Kier alpha value is -4.08. The van der Waals surface area contributed by atoms with Gasteiger partial charge in [0.1, 0.15) is 23.4 Å². The van der Waals surface area contributed by atoms with Gasteiger partial charge in [0.25, 0.3) is 5.91 Å². The van der Waals surface area contributed by atoms with Crippen molar-refractivity contribution in [1.82, 2.24) is 10.2 Å². The zero-order chi connectivity index (χ0) is 29.3. The normalized spacial score (nSPS) is 12.6. The summed E-state index contributed by atoms with van der Waals surface area (Å²) in [4.78, 5) is 53.7. The van der Waals surface area contributed by atoms with E-state index in [1.807, 2.05) is 32.9 Å². The van der Waals surface area contributed by atoms with E-state index in [1.54, 1.807) is 58.2 Å². The zero-order valence-electron chi connectivity index (χ0n) is 23.8. The molecule has 4 amide bonds. The monoisotopic (exact) mass is 540 g/mol. The third-order valence-electron chi connectivity index (χ3n) is 6.00. The second kappa shape index (κ2) is 13.6. The van der Waals surface area contributed by atoms with Crippen molar-refractivity contribution in [2.45, 2.75) is 72.1 Å². The van der Waals surface area contributed by atoms with Crippen LogP contribution in [0.25, 0.3) is 0 Å². The molecule has 212 valence electrons. The van der Waals surface area contributed by atoms with Crippen LogP contribution < -0.4 is 21.1 Å².